The lowest BCUT2D eigenvalue weighted by Gasteiger charge is -2.07. The van der Waals surface area contributed by atoms with Crippen LogP contribution in [0.25, 0.3) is 0 Å². The Morgan fingerprint density at radius 2 is 2.21 bits per heavy atom. The molecule has 0 aromatic heterocycles. The van der Waals surface area contributed by atoms with Gasteiger partial charge in [0, 0.05) is 11.6 Å². The van der Waals surface area contributed by atoms with E-state index < -0.39 is 16.6 Å². The molecule has 7 nitrogen and oxygen atoms in total. The van der Waals surface area contributed by atoms with E-state index in [0.29, 0.717) is 0 Å². The summed E-state index contributed by atoms with van der Waals surface area (Å²) in [5, 5.41) is 19.9. The van der Waals surface area contributed by atoms with Crippen LogP contribution in [0, 0.1) is 21.4 Å². The Morgan fingerprint density at radius 1 is 1.53 bits per heavy atom. The number of esters is 1. The summed E-state index contributed by atoms with van der Waals surface area (Å²) >= 11 is 0. The zero-order valence-corrected chi connectivity index (χ0v) is 10.5. The summed E-state index contributed by atoms with van der Waals surface area (Å²) in [6.07, 6.45) is -0.282. The summed E-state index contributed by atoms with van der Waals surface area (Å²) in [7, 11) is 1.37. The number of hydrogen-bond acceptors (Lipinski definition) is 6. The molecule has 0 fully saturated rings. The molecule has 100 valence electrons. The second kappa shape index (κ2) is 6.35. The third-order valence-electron chi connectivity index (χ3n) is 2.34. The zero-order chi connectivity index (χ0) is 14.4. The number of nitrogens with zero attached hydrogens (tertiary/aromatic N) is 2. The SMILES string of the molecule is CCOC(=O)Cc1cc(OC)cc(C#N)c1[N+](=O)[O-]. The van der Waals surface area contributed by atoms with Crippen LogP contribution in [0.3, 0.4) is 0 Å². The van der Waals surface area contributed by atoms with Crippen molar-refractivity contribution in [3.8, 4) is 11.8 Å². The standard InChI is InChI=1S/C12H12N2O5/c1-3-19-11(15)6-8-4-10(18-2)5-9(7-13)12(8)14(16)17/h4-5H,3,6H2,1-2H3. The number of carbonyl (C=O) groups excluding carboxylic acids is 1. The van der Waals surface area contributed by atoms with Gasteiger partial charge in [0.05, 0.1) is 25.1 Å². The summed E-state index contributed by atoms with van der Waals surface area (Å²) in [5.74, 6) is -0.316. The van der Waals surface area contributed by atoms with Crippen molar-refractivity contribution in [1.29, 1.82) is 5.26 Å². The molecule has 0 radical (unpaired) electrons. The normalized spacial score (nSPS) is 9.53. The molecule has 0 amide bonds. The lowest BCUT2D eigenvalue weighted by Crippen LogP contribution is -2.10. The molecule has 0 N–H and O–H groups in total. The first kappa shape index (κ1) is 14.4. The van der Waals surface area contributed by atoms with Crippen molar-refractivity contribution in [1.82, 2.24) is 0 Å². The van der Waals surface area contributed by atoms with Gasteiger partial charge < -0.3 is 9.47 Å². The number of nitro groups is 1. The smallest absolute Gasteiger partial charge is 0.310 e. The van der Waals surface area contributed by atoms with E-state index in [9.17, 15) is 14.9 Å². The van der Waals surface area contributed by atoms with Crippen LogP contribution in [-0.2, 0) is 16.0 Å². The fraction of sp³-hybridized carbons (Fsp3) is 0.333. The van der Waals surface area contributed by atoms with Crippen LogP contribution in [0.5, 0.6) is 5.75 Å². The van der Waals surface area contributed by atoms with E-state index in [1.54, 1.807) is 13.0 Å². The van der Waals surface area contributed by atoms with E-state index in [1.807, 2.05) is 0 Å². The van der Waals surface area contributed by atoms with Crippen LogP contribution >= 0.6 is 0 Å². The van der Waals surface area contributed by atoms with Gasteiger partial charge in [0.1, 0.15) is 17.4 Å². The molecule has 0 heterocycles. The number of nitriles is 1. The number of benzene rings is 1. The molecule has 0 unspecified atom stereocenters. The molecule has 1 aromatic carbocycles. The van der Waals surface area contributed by atoms with E-state index in [0.717, 1.165) is 0 Å². The lowest BCUT2D eigenvalue weighted by atomic mass is 10.0. The minimum absolute atomic E-state index is 0.0966. The number of ether oxygens (including phenoxy) is 2. The molecule has 7 heteroatoms. The second-order valence-electron chi connectivity index (χ2n) is 3.53. The Kier molecular flexibility index (Phi) is 4.83. The van der Waals surface area contributed by atoms with Crippen molar-refractivity contribution in [2.75, 3.05) is 13.7 Å². The van der Waals surface area contributed by atoms with Crippen LogP contribution in [-0.4, -0.2) is 24.6 Å². The Labute approximate surface area is 109 Å². The molecule has 1 aromatic rings. The van der Waals surface area contributed by atoms with Crippen molar-refractivity contribution >= 4 is 11.7 Å². The van der Waals surface area contributed by atoms with Gasteiger partial charge in [-0.15, -0.1) is 0 Å². The molecule has 0 aliphatic carbocycles. The highest BCUT2D eigenvalue weighted by Gasteiger charge is 2.23. The highest BCUT2D eigenvalue weighted by molar-refractivity contribution is 5.75. The summed E-state index contributed by atoms with van der Waals surface area (Å²) in [6, 6.07) is 4.34. The molecule has 0 saturated heterocycles. The van der Waals surface area contributed by atoms with E-state index in [2.05, 4.69) is 0 Å². The fourth-order valence-electron chi connectivity index (χ4n) is 1.59. The van der Waals surface area contributed by atoms with Gasteiger partial charge in [-0.3, -0.25) is 14.9 Å². The summed E-state index contributed by atoms with van der Waals surface area (Å²) in [5.41, 5.74) is -0.445. The van der Waals surface area contributed by atoms with Crippen molar-refractivity contribution in [3.63, 3.8) is 0 Å². The summed E-state index contributed by atoms with van der Waals surface area (Å²) in [4.78, 5) is 21.7. The molecule has 0 aliphatic heterocycles. The monoisotopic (exact) mass is 264 g/mol. The van der Waals surface area contributed by atoms with Crippen LogP contribution in [0.1, 0.15) is 18.1 Å². The van der Waals surface area contributed by atoms with Crippen LogP contribution in [0.15, 0.2) is 12.1 Å². The van der Waals surface area contributed by atoms with Gasteiger partial charge in [-0.05, 0) is 13.0 Å². The Morgan fingerprint density at radius 3 is 2.68 bits per heavy atom. The highest BCUT2D eigenvalue weighted by atomic mass is 16.6. The van der Waals surface area contributed by atoms with Crippen LogP contribution in [0.4, 0.5) is 5.69 Å². The first-order valence-electron chi connectivity index (χ1n) is 5.44. The molecule has 1 rings (SSSR count). The Balaban J connectivity index is 3.30. The van der Waals surface area contributed by atoms with Gasteiger partial charge >= 0.3 is 5.97 Å². The van der Waals surface area contributed by atoms with Crippen molar-refractivity contribution in [3.05, 3.63) is 33.4 Å². The quantitative estimate of drug-likeness (QED) is 0.454. The number of methoxy groups -OCH3 is 1. The number of rotatable bonds is 5. The van der Waals surface area contributed by atoms with E-state index >= 15 is 0 Å². The van der Waals surface area contributed by atoms with E-state index in [4.69, 9.17) is 14.7 Å². The van der Waals surface area contributed by atoms with Crippen molar-refractivity contribution < 1.29 is 19.2 Å². The lowest BCUT2D eigenvalue weighted by molar-refractivity contribution is -0.385. The fourth-order valence-corrected chi connectivity index (χ4v) is 1.59. The third-order valence-corrected chi connectivity index (χ3v) is 2.34. The minimum Gasteiger partial charge on any atom is -0.497 e. The van der Waals surface area contributed by atoms with Crippen LogP contribution in [0.2, 0.25) is 0 Å². The molecule has 0 bridgehead atoms. The third kappa shape index (κ3) is 3.42. The van der Waals surface area contributed by atoms with Gasteiger partial charge in [0.2, 0.25) is 0 Å². The topological polar surface area (TPSA) is 102 Å². The molecule has 0 atom stereocenters. The Hall–Kier alpha value is -2.62. The molecule has 19 heavy (non-hydrogen) atoms. The zero-order valence-electron chi connectivity index (χ0n) is 10.5. The average molecular weight is 264 g/mol. The average Bonchev–Trinajstić information content (AvgIpc) is 2.37. The molecular weight excluding hydrogens is 252 g/mol. The maximum absolute atomic E-state index is 11.4. The predicted molar refractivity (Wildman–Crippen MR) is 64.7 cm³/mol. The van der Waals surface area contributed by atoms with Gasteiger partial charge in [-0.25, -0.2) is 0 Å². The molecule has 0 spiro atoms. The summed E-state index contributed by atoms with van der Waals surface area (Å²) < 4.78 is 9.69. The minimum atomic E-state index is -0.688. The highest BCUT2D eigenvalue weighted by Crippen LogP contribution is 2.29. The van der Waals surface area contributed by atoms with Gasteiger partial charge in [-0.2, -0.15) is 5.26 Å². The largest absolute Gasteiger partial charge is 0.497 e. The Bertz CT molecular complexity index is 548. The molecule has 0 aliphatic rings. The van der Waals surface area contributed by atoms with Crippen molar-refractivity contribution in [2.24, 2.45) is 0 Å². The molecule has 0 saturated carbocycles. The van der Waals surface area contributed by atoms with Crippen molar-refractivity contribution in [2.45, 2.75) is 13.3 Å². The van der Waals surface area contributed by atoms with Gasteiger partial charge in [0.25, 0.3) is 5.69 Å². The number of hydrogen-bond donors (Lipinski definition) is 0. The van der Waals surface area contributed by atoms with Gasteiger partial charge in [0.15, 0.2) is 0 Å². The first-order chi connectivity index (χ1) is 9.03. The number of nitro benzene ring substituents is 1. The van der Waals surface area contributed by atoms with Gasteiger partial charge in [-0.1, -0.05) is 0 Å². The molecular formula is C12H12N2O5. The number of carbonyl (C=O) groups is 1. The first-order valence-corrected chi connectivity index (χ1v) is 5.44. The maximum Gasteiger partial charge on any atom is 0.310 e. The maximum atomic E-state index is 11.4. The second-order valence-corrected chi connectivity index (χ2v) is 3.53. The van der Waals surface area contributed by atoms with E-state index in [-0.39, 0.29) is 29.9 Å². The predicted octanol–water partition coefficient (Wildman–Crippen LogP) is 1.58. The van der Waals surface area contributed by atoms with E-state index in [1.165, 1.54) is 19.2 Å². The van der Waals surface area contributed by atoms with Crippen LogP contribution < -0.4 is 4.74 Å². The summed E-state index contributed by atoms with van der Waals surface area (Å²) in [6.45, 7) is 1.82.